The van der Waals surface area contributed by atoms with Crippen molar-refractivity contribution >= 4 is 11.7 Å². The minimum Gasteiger partial charge on any atom is -0.380 e. The molecule has 0 atom stereocenters. The second-order valence-electron chi connectivity index (χ2n) is 6.20. The van der Waals surface area contributed by atoms with E-state index in [2.05, 4.69) is 20.1 Å². The number of nitrogens with one attached hydrogen (secondary N) is 1. The Morgan fingerprint density at radius 2 is 2.04 bits per heavy atom. The van der Waals surface area contributed by atoms with Crippen LogP contribution in [0.3, 0.4) is 0 Å². The quantitative estimate of drug-likeness (QED) is 0.905. The summed E-state index contributed by atoms with van der Waals surface area (Å²) in [6.45, 7) is 6.02. The summed E-state index contributed by atoms with van der Waals surface area (Å²) >= 11 is 0. The number of piperidine rings is 1. The van der Waals surface area contributed by atoms with Gasteiger partial charge in [0.2, 0.25) is 0 Å². The van der Waals surface area contributed by atoms with Crippen molar-refractivity contribution in [1.29, 1.82) is 0 Å². The zero-order valence-corrected chi connectivity index (χ0v) is 13.8. The fourth-order valence-electron chi connectivity index (χ4n) is 3.44. The molecule has 1 aromatic heterocycles. The van der Waals surface area contributed by atoms with Crippen LogP contribution in [-0.2, 0) is 4.74 Å². The molecule has 23 heavy (non-hydrogen) atoms. The fourth-order valence-corrected chi connectivity index (χ4v) is 3.44. The number of aromatic nitrogens is 1. The number of carbonyl (C=O) groups is 1. The molecule has 1 N–H and O–H groups in total. The van der Waals surface area contributed by atoms with Gasteiger partial charge in [0.1, 0.15) is 5.82 Å². The largest absolute Gasteiger partial charge is 0.380 e. The predicted octanol–water partition coefficient (Wildman–Crippen LogP) is 1.13. The molecule has 2 aliphatic heterocycles. The summed E-state index contributed by atoms with van der Waals surface area (Å²) in [5.41, 5.74) is 0.607. The molecule has 1 amide bonds. The summed E-state index contributed by atoms with van der Waals surface area (Å²) in [7, 11) is 1.63. The van der Waals surface area contributed by atoms with E-state index in [0.717, 1.165) is 51.6 Å². The number of carbonyl (C=O) groups excluding carboxylic acids is 1. The Kier molecular flexibility index (Phi) is 5.46. The van der Waals surface area contributed by atoms with E-state index in [9.17, 15) is 4.79 Å². The third kappa shape index (κ3) is 4.00. The van der Waals surface area contributed by atoms with Crippen LogP contribution in [0.2, 0.25) is 0 Å². The molecule has 6 nitrogen and oxygen atoms in total. The molecule has 6 heteroatoms. The van der Waals surface area contributed by atoms with Crippen molar-refractivity contribution in [2.24, 2.45) is 0 Å². The summed E-state index contributed by atoms with van der Waals surface area (Å²) in [6, 6.07) is 4.46. The van der Waals surface area contributed by atoms with Crippen LogP contribution in [0.1, 0.15) is 29.6 Å². The normalized spacial score (nSPS) is 21.0. The van der Waals surface area contributed by atoms with Gasteiger partial charge >= 0.3 is 0 Å². The Bertz CT molecular complexity index is 504. The maximum atomic E-state index is 11.6. The van der Waals surface area contributed by atoms with Crippen LogP contribution in [-0.4, -0.2) is 68.3 Å². The maximum absolute atomic E-state index is 11.6. The van der Waals surface area contributed by atoms with Crippen LogP contribution in [0.4, 0.5) is 5.82 Å². The topological polar surface area (TPSA) is 57.7 Å². The van der Waals surface area contributed by atoms with E-state index in [1.54, 1.807) is 13.2 Å². The number of hydrogen-bond acceptors (Lipinski definition) is 5. The first-order valence-electron chi connectivity index (χ1n) is 8.53. The van der Waals surface area contributed by atoms with Crippen molar-refractivity contribution in [3.8, 4) is 0 Å². The highest BCUT2D eigenvalue weighted by Crippen LogP contribution is 2.22. The number of pyridine rings is 1. The molecule has 0 spiro atoms. The monoisotopic (exact) mass is 318 g/mol. The number of anilines is 1. The van der Waals surface area contributed by atoms with E-state index in [4.69, 9.17) is 4.74 Å². The summed E-state index contributed by atoms with van der Waals surface area (Å²) in [5.74, 6) is 0.876. The Morgan fingerprint density at radius 1 is 1.22 bits per heavy atom. The summed E-state index contributed by atoms with van der Waals surface area (Å²) in [6.07, 6.45) is 5.13. The number of ether oxygens (including phenoxy) is 1. The number of hydrogen-bond donors (Lipinski definition) is 1. The van der Waals surface area contributed by atoms with Gasteiger partial charge in [-0.2, -0.15) is 0 Å². The summed E-state index contributed by atoms with van der Waals surface area (Å²) in [4.78, 5) is 20.9. The van der Waals surface area contributed by atoms with Gasteiger partial charge in [-0.25, -0.2) is 4.98 Å². The summed E-state index contributed by atoms with van der Waals surface area (Å²) < 4.78 is 5.55. The van der Waals surface area contributed by atoms with Crippen molar-refractivity contribution in [1.82, 2.24) is 15.2 Å². The van der Waals surface area contributed by atoms with Crippen LogP contribution < -0.4 is 10.2 Å². The lowest BCUT2D eigenvalue weighted by atomic mass is 10.0. The van der Waals surface area contributed by atoms with Crippen molar-refractivity contribution < 1.29 is 9.53 Å². The molecule has 0 radical (unpaired) electrons. The molecular formula is C17H26N4O2. The number of nitrogens with zero attached hydrogens (tertiary/aromatic N) is 3. The molecule has 2 saturated heterocycles. The zero-order valence-electron chi connectivity index (χ0n) is 13.8. The van der Waals surface area contributed by atoms with E-state index >= 15 is 0 Å². The third-order valence-electron chi connectivity index (χ3n) is 4.80. The van der Waals surface area contributed by atoms with E-state index in [0.29, 0.717) is 11.6 Å². The second-order valence-corrected chi connectivity index (χ2v) is 6.20. The molecule has 2 fully saturated rings. The Hall–Kier alpha value is -1.66. The van der Waals surface area contributed by atoms with E-state index in [1.165, 1.54) is 12.8 Å². The van der Waals surface area contributed by atoms with Crippen LogP contribution in [0.15, 0.2) is 18.3 Å². The SMILES string of the molecule is CNC(=O)c1ccc(N2CCC(N3CCCOCC3)CC2)nc1. The summed E-state index contributed by atoms with van der Waals surface area (Å²) in [5, 5.41) is 2.62. The van der Waals surface area contributed by atoms with Crippen LogP contribution >= 0.6 is 0 Å². The van der Waals surface area contributed by atoms with E-state index in [1.807, 2.05) is 12.1 Å². The Labute approximate surface area is 137 Å². The Morgan fingerprint density at radius 3 is 2.74 bits per heavy atom. The molecule has 3 rings (SSSR count). The fraction of sp³-hybridized carbons (Fsp3) is 0.647. The standard InChI is InChI=1S/C17H26N4O2/c1-18-17(22)14-3-4-16(19-13-14)21-8-5-15(6-9-21)20-7-2-11-23-12-10-20/h3-4,13,15H,2,5-12H2,1H3,(H,18,22). The third-order valence-corrected chi connectivity index (χ3v) is 4.80. The van der Waals surface area contributed by atoms with Gasteiger partial charge in [0.05, 0.1) is 12.2 Å². The zero-order chi connectivity index (χ0) is 16.1. The van der Waals surface area contributed by atoms with Crippen molar-refractivity contribution in [2.45, 2.75) is 25.3 Å². The lowest BCUT2D eigenvalue weighted by Crippen LogP contribution is -2.46. The first kappa shape index (κ1) is 16.2. The van der Waals surface area contributed by atoms with Gasteiger partial charge in [-0.05, 0) is 31.4 Å². The molecule has 3 heterocycles. The van der Waals surface area contributed by atoms with Crippen LogP contribution in [0.5, 0.6) is 0 Å². The van der Waals surface area contributed by atoms with Gasteiger partial charge in [-0.15, -0.1) is 0 Å². The number of rotatable bonds is 3. The molecule has 1 aromatic rings. The second kappa shape index (κ2) is 7.75. The highest BCUT2D eigenvalue weighted by atomic mass is 16.5. The minimum absolute atomic E-state index is 0.0915. The number of amides is 1. The first-order valence-corrected chi connectivity index (χ1v) is 8.53. The lowest BCUT2D eigenvalue weighted by molar-refractivity contribution is 0.0962. The smallest absolute Gasteiger partial charge is 0.252 e. The van der Waals surface area contributed by atoms with Gasteiger partial charge in [-0.3, -0.25) is 9.69 Å². The van der Waals surface area contributed by atoms with Crippen molar-refractivity contribution in [2.75, 3.05) is 51.3 Å². The van der Waals surface area contributed by atoms with Gasteiger partial charge in [-0.1, -0.05) is 0 Å². The van der Waals surface area contributed by atoms with Gasteiger partial charge < -0.3 is 15.0 Å². The van der Waals surface area contributed by atoms with E-state index < -0.39 is 0 Å². The molecule has 0 unspecified atom stereocenters. The highest BCUT2D eigenvalue weighted by Gasteiger charge is 2.25. The van der Waals surface area contributed by atoms with Gasteiger partial charge in [0.15, 0.2) is 0 Å². The van der Waals surface area contributed by atoms with Gasteiger partial charge in [0, 0.05) is 52.1 Å². The van der Waals surface area contributed by atoms with Gasteiger partial charge in [0.25, 0.3) is 5.91 Å². The van der Waals surface area contributed by atoms with Crippen LogP contribution in [0.25, 0.3) is 0 Å². The maximum Gasteiger partial charge on any atom is 0.252 e. The molecule has 0 saturated carbocycles. The lowest BCUT2D eigenvalue weighted by Gasteiger charge is -2.38. The molecule has 126 valence electrons. The molecule has 2 aliphatic rings. The molecule has 0 aromatic carbocycles. The van der Waals surface area contributed by atoms with Crippen LogP contribution in [0, 0.1) is 0 Å². The Balaban J connectivity index is 1.55. The highest BCUT2D eigenvalue weighted by molar-refractivity contribution is 5.93. The van der Waals surface area contributed by atoms with Crippen molar-refractivity contribution in [3.63, 3.8) is 0 Å². The average Bonchev–Trinajstić information content (AvgIpc) is 2.91. The molecular weight excluding hydrogens is 292 g/mol. The minimum atomic E-state index is -0.0915. The first-order chi connectivity index (χ1) is 11.3. The average molecular weight is 318 g/mol. The predicted molar refractivity (Wildman–Crippen MR) is 89.9 cm³/mol. The molecule has 0 bridgehead atoms. The van der Waals surface area contributed by atoms with E-state index in [-0.39, 0.29) is 5.91 Å². The van der Waals surface area contributed by atoms with Crippen molar-refractivity contribution in [3.05, 3.63) is 23.9 Å². The molecule has 0 aliphatic carbocycles.